The van der Waals surface area contributed by atoms with Crippen LogP contribution in [0.1, 0.15) is 51.5 Å². The smallest absolute Gasteiger partial charge is 0.348 e. The van der Waals surface area contributed by atoms with Crippen LogP contribution in [0, 0.1) is 6.92 Å². The van der Waals surface area contributed by atoms with Gasteiger partial charge in [-0.1, -0.05) is 42.0 Å². The number of amides is 2. The predicted molar refractivity (Wildman–Crippen MR) is 123 cm³/mol. The van der Waals surface area contributed by atoms with E-state index in [0.717, 1.165) is 17.2 Å². The number of rotatable bonds is 7. The molecule has 1 saturated carbocycles. The summed E-state index contributed by atoms with van der Waals surface area (Å²) in [6, 6.07) is 14.6. The summed E-state index contributed by atoms with van der Waals surface area (Å²) in [5.74, 6) is -1.37. The Hall–Kier alpha value is -3.95. The van der Waals surface area contributed by atoms with Gasteiger partial charge in [0.1, 0.15) is 12.1 Å². The fourth-order valence-electron chi connectivity index (χ4n) is 3.55. The number of benzene rings is 2. The molecule has 1 aliphatic carbocycles. The van der Waals surface area contributed by atoms with Crippen LogP contribution in [-0.4, -0.2) is 21.6 Å². The van der Waals surface area contributed by atoms with Crippen LogP contribution >= 0.6 is 0 Å². The monoisotopic (exact) mass is 484 g/mol. The summed E-state index contributed by atoms with van der Waals surface area (Å²) in [5.41, 5.74) is -0.268. The number of carbonyl (C=O) groups is 2. The molecule has 0 saturated heterocycles. The first-order valence-electron chi connectivity index (χ1n) is 11.0. The van der Waals surface area contributed by atoms with Gasteiger partial charge in [-0.3, -0.25) is 14.4 Å². The molecule has 2 aromatic carbocycles. The molecule has 0 bridgehead atoms. The maximum absolute atomic E-state index is 13.3. The van der Waals surface area contributed by atoms with Gasteiger partial charge in [-0.05, 0) is 43.5 Å². The molecule has 0 spiro atoms. The summed E-state index contributed by atoms with van der Waals surface area (Å²) in [4.78, 5) is 37.7. The molecule has 2 amide bonds. The van der Waals surface area contributed by atoms with E-state index in [1.807, 2.05) is 31.2 Å². The van der Waals surface area contributed by atoms with E-state index in [9.17, 15) is 27.6 Å². The third-order valence-corrected chi connectivity index (χ3v) is 5.61. The van der Waals surface area contributed by atoms with Crippen molar-refractivity contribution < 1.29 is 22.8 Å². The van der Waals surface area contributed by atoms with Gasteiger partial charge in [0, 0.05) is 12.5 Å². The van der Waals surface area contributed by atoms with Gasteiger partial charge in [0.05, 0.1) is 16.9 Å². The van der Waals surface area contributed by atoms with Crippen LogP contribution in [0.25, 0.3) is 0 Å². The van der Waals surface area contributed by atoms with Gasteiger partial charge in [0.25, 0.3) is 11.5 Å². The minimum Gasteiger partial charge on any atom is -0.348 e. The predicted octanol–water partition coefficient (Wildman–Crippen LogP) is 4.02. The summed E-state index contributed by atoms with van der Waals surface area (Å²) < 4.78 is 40.6. The van der Waals surface area contributed by atoms with Crippen molar-refractivity contribution in [2.75, 3.05) is 5.32 Å². The van der Waals surface area contributed by atoms with E-state index in [1.165, 1.54) is 12.1 Å². The number of halogens is 3. The Morgan fingerprint density at radius 1 is 1.09 bits per heavy atom. The number of aryl methyl sites for hydroxylation is 1. The maximum atomic E-state index is 13.3. The molecule has 4 rings (SSSR count). The largest absolute Gasteiger partial charge is 0.421 e. The lowest BCUT2D eigenvalue weighted by Gasteiger charge is -2.14. The highest BCUT2D eigenvalue weighted by molar-refractivity contribution is 6.03. The Kier molecular flexibility index (Phi) is 6.72. The first-order valence-corrected chi connectivity index (χ1v) is 11.0. The van der Waals surface area contributed by atoms with E-state index < -0.39 is 35.7 Å². The second-order valence-electron chi connectivity index (χ2n) is 8.48. The molecule has 1 aromatic heterocycles. The second kappa shape index (κ2) is 9.73. The van der Waals surface area contributed by atoms with Gasteiger partial charge in [0.2, 0.25) is 5.91 Å². The van der Waals surface area contributed by atoms with E-state index in [-0.39, 0.29) is 29.4 Å². The maximum Gasteiger partial charge on any atom is 0.421 e. The molecular weight excluding hydrogens is 461 g/mol. The van der Waals surface area contributed by atoms with Gasteiger partial charge in [-0.15, -0.1) is 0 Å². The SMILES string of the molecule is Cc1ccc(CNC(=O)c2ccccc2NC(=O)Cn2nc(C3CC3)cc(C(F)(F)F)c2=O)cc1. The van der Waals surface area contributed by atoms with Crippen molar-refractivity contribution in [1.29, 1.82) is 0 Å². The average molecular weight is 484 g/mol. The highest BCUT2D eigenvalue weighted by Crippen LogP contribution is 2.40. The van der Waals surface area contributed by atoms with E-state index in [4.69, 9.17) is 0 Å². The van der Waals surface area contributed by atoms with Crippen LogP contribution in [0.2, 0.25) is 0 Å². The first kappa shape index (κ1) is 24.2. The van der Waals surface area contributed by atoms with E-state index in [0.29, 0.717) is 17.5 Å². The molecule has 3 aromatic rings. The van der Waals surface area contributed by atoms with Crippen molar-refractivity contribution in [2.24, 2.45) is 0 Å². The molecule has 7 nitrogen and oxygen atoms in total. The third kappa shape index (κ3) is 5.95. The van der Waals surface area contributed by atoms with Gasteiger partial charge in [-0.2, -0.15) is 18.3 Å². The topological polar surface area (TPSA) is 93.1 Å². The normalized spacial score (nSPS) is 13.4. The quantitative estimate of drug-likeness (QED) is 0.530. The van der Waals surface area contributed by atoms with Crippen molar-refractivity contribution in [1.82, 2.24) is 15.1 Å². The molecule has 0 atom stereocenters. The number of anilines is 1. The summed E-state index contributed by atoms with van der Waals surface area (Å²) in [5, 5.41) is 9.27. The number of nitrogens with one attached hydrogen (secondary N) is 2. The van der Waals surface area contributed by atoms with Crippen LogP contribution in [0.5, 0.6) is 0 Å². The number of aromatic nitrogens is 2. The summed E-state index contributed by atoms with van der Waals surface area (Å²) in [7, 11) is 0. The molecule has 35 heavy (non-hydrogen) atoms. The number of nitrogens with zero attached hydrogens (tertiary/aromatic N) is 2. The third-order valence-electron chi connectivity index (χ3n) is 5.61. The zero-order valence-electron chi connectivity index (χ0n) is 18.9. The lowest BCUT2D eigenvalue weighted by Crippen LogP contribution is -2.35. The van der Waals surface area contributed by atoms with Crippen molar-refractivity contribution >= 4 is 17.5 Å². The summed E-state index contributed by atoms with van der Waals surface area (Å²) in [6.07, 6.45) is -3.50. The average Bonchev–Trinajstić information content (AvgIpc) is 3.65. The fraction of sp³-hybridized carbons (Fsp3) is 0.280. The summed E-state index contributed by atoms with van der Waals surface area (Å²) >= 11 is 0. The molecule has 182 valence electrons. The number of hydrogen-bond acceptors (Lipinski definition) is 4. The Bertz CT molecular complexity index is 1310. The van der Waals surface area contributed by atoms with Crippen LogP contribution in [0.3, 0.4) is 0 Å². The molecule has 2 N–H and O–H groups in total. The van der Waals surface area contributed by atoms with Crippen molar-refractivity contribution in [3.63, 3.8) is 0 Å². The molecule has 1 heterocycles. The summed E-state index contributed by atoms with van der Waals surface area (Å²) in [6.45, 7) is 1.51. The van der Waals surface area contributed by atoms with Crippen LogP contribution < -0.4 is 16.2 Å². The van der Waals surface area contributed by atoms with E-state index in [2.05, 4.69) is 15.7 Å². The van der Waals surface area contributed by atoms with Gasteiger partial charge < -0.3 is 10.6 Å². The van der Waals surface area contributed by atoms with Crippen molar-refractivity contribution in [3.05, 3.63) is 92.9 Å². The number of para-hydroxylation sites is 1. The molecular formula is C25H23F3N4O3. The Morgan fingerprint density at radius 2 is 1.77 bits per heavy atom. The molecule has 0 radical (unpaired) electrons. The first-order chi connectivity index (χ1) is 16.6. The minimum atomic E-state index is -4.86. The molecule has 0 unspecified atom stereocenters. The molecule has 10 heteroatoms. The van der Waals surface area contributed by atoms with Gasteiger partial charge in [0.15, 0.2) is 0 Å². The highest BCUT2D eigenvalue weighted by atomic mass is 19.4. The van der Waals surface area contributed by atoms with Crippen molar-refractivity contribution in [2.45, 2.75) is 44.9 Å². The Morgan fingerprint density at radius 3 is 2.43 bits per heavy atom. The van der Waals surface area contributed by atoms with E-state index in [1.54, 1.807) is 12.1 Å². The van der Waals surface area contributed by atoms with Gasteiger partial charge >= 0.3 is 6.18 Å². The van der Waals surface area contributed by atoms with Gasteiger partial charge in [-0.25, -0.2) is 4.68 Å². The number of alkyl halides is 3. The Labute approximate surface area is 199 Å². The van der Waals surface area contributed by atoms with Crippen LogP contribution in [0.4, 0.5) is 18.9 Å². The van der Waals surface area contributed by atoms with Crippen LogP contribution in [-0.2, 0) is 24.1 Å². The second-order valence-corrected chi connectivity index (χ2v) is 8.48. The lowest BCUT2D eigenvalue weighted by molar-refractivity contribution is -0.139. The molecule has 1 fully saturated rings. The van der Waals surface area contributed by atoms with E-state index >= 15 is 0 Å². The number of hydrogen-bond donors (Lipinski definition) is 2. The fourth-order valence-corrected chi connectivity index (χ4v) is 3.55. The minimum absolute atomic E-state index is 0.139. The lowest BCUT2D eigenvalue weighted by atomic mass is 10.1. The molecule has 1 aliphatic rings. The zero-order chi connectivity index (χ0) is 25.2. The molecule has 0 aliphatic heterocycles. The Balaban J connectivity index is 1.49. The zero-order valence-corrected chi connectivity index (χ0v) is 18.9. The van der Waals surface area contributed by atoms with Crippen LogP contribution in [0.15, 0.2) is 59.4 Å². The standard InChI is InChI=1S/C25H23F3N4O3/c1-15-6-8-16(9-7-15)13-29-23(34)18-4-2-3-5-20(18)30-22(33)14-32-24(35)19(25(26,27)28)12-21(31-32)17-10-11-17/h2-9,12,17H,10-11,13-14H2,1H3,(H,29,34)(H,30,33). The highest BCUT2D eigenvalue weighted by Gasteiger charge is 2.37. The van der Waals surface area contributed by atoms with Crippen molar-refractivity contribution in [3.8, 4) is 0 Å². The number of carbonyl (C=O) groups excluding carboxylic acids is 2.